The first kappa shape index (κ1) is 11.7. The SMILES string of the molecule is C=C(C)C[N+](C)(CC)CCCC. The molecule has 0 aliphatic rings. The third-order valence-electron chi connectivity index (χ3n) is 2.47. The summed E-state index contributed by atoms with van der Waals surface area (Å²) in [6.07, 6.45) is 2.63. The number of unbranched alkanes of at least 4 members (excludes halogenated alkanes) is 1. The van der Waals surface area contributed by atoms with Gasteiger partial charge in [0.1, 0.15) is 0 Å². The maximum atomic E-state index is 3.98. The van der Waals surface area contributed by atoms with Crippen LogP contribution in [0, 0.1) is 0 Å². The Labute approximate surface area is 77.7 Å². The largest absolute Gasteiger partial charge is 0.323 e. The number of quaternary nitrogens is 1. The summed E-state index contributed by atoms with van der Waals surface area (Å²) >= 11 is 0. The first-order valence-corrected chi connectivity index (χ1v) is 5.02. The van der Waals surface area contributed by atoms with Gasteiger partial charge in [0.25, 0.3) is 0 Å². The standard InChI is InChI=1S/C11H24N/c1-6-8-9-12(5,7-2)10-11(3)4/h3,6-10H2,1-2,4-5H3/q+1. The van der Waals surface area contributed by atoms with Crippen molar-refractivity contribution in [3.05, 3.63) is 12.2 Å². The molecule has 0 radical (unpaired) electrons. The molecule has 0 saturated heterocycles. The highest BCUT2D eigenvalue weighted by Crippen LogP contribution is 2.08. The van der Waals surface area contributed by atoms with E-state index >= 15 is 0 Å². The number of likely N-dealkylation sites (N-methyl/N-ethyl adjacent to an activating group) is 1. The molecule has 0 rings (SSSR count). The van der Waals surface area contributed by atoms with Gasteiger partial charge >= 0.3 is 0 Å². The molecule has 0 aromatic heterocycles. The fourth-order valence-electron chi connectivity index (χ4n) is 1.54. The van der Waals surface area contributed by atoms with Gasteiger partial charge in [-0.3, -0.25) is 0 Å². The first-order valence-electron chi connectivity index (χ1n) is 5.02. The van der Waals surface area contributed by atoms with Gasteiger partial charge in [-0.2, -0.15) is 0 Å². The van der Waals surface area contributed by atoms with Crippen LogP contribution in [0.25, 0.3) is 0 Å². The van der Waals surface area contributed by atoms with E-state index in [0.717, 1.165) is 11.0 Å². The molecule has 0 bridgehead atoms. The number of hydrogen-bond acceptors (Lipinski definition) is 0. The molecule has 1 heteroatoms. The number of hydrogen-bond donors (Lipinski definition) is 0. The van der Waals surface area contributed by atoms with E-state index in [0.29, 0.717) is 0 Å². The molecule has 0 spiro atoms. The molecule has 0 saturated carbocycles. The van der Waals surface area contributed by atoms with Gasteiger partial charge in [0.15, 0.2) is 0 Å². The number of rotatable bonds is 6. The average Bonchev–Trinajstić information content (AvgIpc) is 2.00. The molecule has 1 atom stereocenters. The van der Waals surface area contributed by atoms with Gasteiger partial charge in [-0.05, 0) is 25.8 Å². The molecule has 0 heterocycles. The van der Waals surface area contributed by atoms with E-state index in [-0.39, 0.29) is 0 Å². The Morgan fingerprint density at radius 2 is 1.92 bits per heavy atom. The Balaban J connectivity index is 3.95. The maximum absolute atomic E-state index is 3.98. The van der Waals surface area contributed by atoms with Crippen molar-refractivity contribution >= 4 is 0 Å². The third kappa shape index (κ3) is 4.55. The second-order valence-electron chi connectivity index (χ2n) is 4.13. The molecule has 0 aromatic rings. The lowest BCUT2D eigenvalue weighted by molar-refractivity contribution is -0.903. The smallest absolute Gasteiger partial charge is 0.0995 e. The summed E-state index contributed by atoms with van der Waals surface area (Å²) in [5, 5.41) is 0. The fourth-order valence-corrected chi connectivity index (χ4v) is 1.54. The van der Waals surface area contributed by atoms with E-state index in [9.17, 15) is 0 Å². The molecule has 12 heavy (non-hydrogen) atoms. The van der Waals surface area contributed by atoms with Crippen molar-refractivity contribution in [3.8, 4) is 0 Å². The van der Waals surface area contributed by atoms with Gasteiger partial charge in [0.2, 0.25) is 0 Å². The highest BCUT2D eigenvalue weighted by atomic mass is 15.3. The van der Waals surface area contributed by atoms with Crippen molar-refractivity contribution in [1.82, 2.24) is 0 Å². The van der Waals surface area contributed by atoms with Crippen molar-refractivity contribution in [3.63, 3.8) is 0 Å². The summed E-state index contributed by atoms with van der Waals surface area (Å²) in [6, 6.07) is 0. The van der Waals surface area contributed by atoms with Crippen LogP contribution >= 0.6 is 0 Å². The van der Waals surface area contributed by atoms with E-state index in [1.807, 2.05) is 0 Å². The molecule has 0 N–H and O–H groups in total. The zero-order valence-electron chi connectivity index (χ0n) is 9.19. The summed E-state index contributed by atoms with van der Waals surface area (Å²) < 4.78 is 1.16. The first-order chi connectivity index (χ1) is 5.54. The average molecular weight is 170 g/mol. The highest BCUT2D eigenvalue weighted by Gasteiger charge is 2.17. The van der Waals surface area contributed by atoms with Gasteiger partial charge in [0, 0.05) is 0 Å². The molecule has 1 unspecified atom stereocenters. The van der Waals surface area contributed by atoms with Crippen molar-refractivity contribution in [1.29, 1.82) is 0 Å². The van der Waals surface area contributed by atoms with E-state index in [2.05, 4.69) is 34.4 Å². The Hall–Kier alpha value is -0.300. The van der Waals surface area contributed by atoms with Gasteiger partial charge in [0.05, 0.1) is 26.7 Å². The molecule has 0 amide bonds. The van der Waals surface area contributed by atoms with Crippen LogP contribution in [-0.4, -0.2) is 31.2 Å². The Morgan fingerprint density at radius 1 is 1.33 bits per heavy atom. The predicted molar refractivity (Wildman–Crippen MR) is 56.2 cm³/mol. The van der Waals surface area contributed by atoms with Gasteiger partial charge in [-0.1, -0.05) is 19.9 Å². The van der Waals surface area contributed by atoms with E-state index in [1.54, 1.807) is 0 Å². The second kappa shape index (κ2) is 5.36. The van der Waals surface area contributed by atoms with Crippen LogP contribution in [0.3, 0.4) is 0 Å². The topological polar surface area (TPSA) is 0 Å². The normalized spacial score (nSPS) is 15.7. The van der Waals surface area contributed by atoms with Gasteiger partial charge < -0.3 is 4.48 Å². The Bertz CT molecular complexity index is 140. The van der Waals surface area contributed by atoms with Crippen molar-refractivity contribution < 1.29 is 4.48 Å². The Kier molecular flexibility index (Phi) is 5.23. The fraction of sp³-hybridized carbons (Fsp3) is 0.818. The van der Waals surface area contributed by atoms with Crippen LogP contribution in [0.4, 0.5) is 0 Å². The minimum atomic E-state index is 1.14. The van der Waals surface area contributed by atoms with Crippen LogP contribution in [0.15, 0.2) is 12.2 Å². The summed E-state index contributed by atoms with van der Waals surface area (Å²) in [4.78, 5) is 0. The van der Waals surface area contributed by atoms with Crippen LogP contribution in [0.1, 0.15) is 33.6 Å². The minimum absolute atomic E-state index is 1.14. The van der Waals surface area contributed by atoms with E-state index < -0.39 is 0 Å². The molecule has 0 aliphatic heterocycles. The lowest BCUT2D eigenvalue weighted by atomic mass is 10.2. The quantitative estimate of drug-likeness (QED) is 0.425. The van der Waals surface area contributed by atoms with E-state index in [4.69, 9.17) is 0 Å². The van der Waals surface area contributed by atoms with Crippen LogP contribution in [0.2, 0.25) is 0 Å². The van der Waals surface area contributed by atoms with Crippen molar-refractivity contribution in [2.24, 2.45) is 0 Å². The van der Waals surface area contributed by atoms with Crippen molar-refractivity contribution in [2.75, 3.05) is 26.7 Å². The lowest BCUT2D eigenvalue weighted by Crippen LogP contribution is -2.45. The van der Waals surface area contributed by atoms with Crippen molar-refractivity contribution in [2.45, 2.75) is 33.6 Å². The molecule has 0 aliphatic carbocycles. The molecule has 72 valence electrons. The van der Waals surface area contributed by atoms with Crippen LogP contribution in [-0.2, 0) is 0 Å². The minimum Gasteiger partial charge on any atom is -0.323 e. The summed E-state index contributed by atoms with van der Waals surface area (Å²) in [7, 11) is 2.32. The molecular formula is C11H24N+. The summed E-state index contributed by atoms with van der Waals surface area (Å²) in [5.74, 6) is 0. The third-order valence-corrected chi connectivity index (χ3v) is 2.47. The Morgan fingerprint density at radius 3 is 2.25 bits per heavy atom. The predicted octanol–water partition coefficient (Wildman–Crippen LogP) is 2.83. The van der Waals surface area contributed by atoms with Gasteiger partial charge in [-0.15, -0.1) is 0 Å². The van der Waals surface area contributed by atoms with Gasteiger partial charge in [-0.25, -0.2) is 0 Å². The number of nitrogens with zero attached hydrogens (tertiary/aromatic N) is 1. The maximum Gasteiger partial charge on any atom is 0.0995 e. The second-order valence-corrected chi connectivity index (χ2v) is 4.13. The monoisotopic (exact) mass is 170 g/mol. The zero-order chi connectivity index (χ0) is 9.61. The summed E-state index contributed by atoms with van der Waals surface area (Å²) in [6.45, 7) is 14.3. The molecule has 0 fully saturated rings. The van der Waals surface area contributed by atoms with E-state index in [1.165, 1.54) is 31.5 Å². The zero-order valence-corrected chi connectivity index (χ0v) is 9.19. The van der Waals surface area contributed by atoms with Crippen LogP contribution in [0.5, 0.6) is 0 Å². The molecule has 1 nitrogen and oxygen atoms in total. The molecule has 0 aromatic carbocycles. The summed E-state index contributed by atoms with van der Waals surface area (Å²) in [5.41, 5.74) is 1.30. The lowest BCUT2D eigenvalue weighted by Gasteiger charge is -2.33. The molecular weight excluding hydrogens is 146 g/mol. The highest BCUT2D eigenvalue weighted by molar-refractivity contribution is 4.87. The van der Waals surface area contributed by atoms with Crippen LogP contribution < -0.4 is 0 Å².